The van der Waals surface area contributed by atoms with E-state index in [9.17, 15) is 0 Å². The second-order valence-electron chi connectivity index (χ2n) is 4.81. The smallest absolute Gasteiger partial charge is 0.0446 e. The van der Waals surface area contributed by atoms with E-state index < -0.39 is 8.07 Å². The number of hydrogen-bond donors (Lipinski definition) is 1. The third-order valence-electron chi connectivity index (χ3n) is 2.39. The Morgan fingerprint density at radius 2 is 2.00 bits per heavy atom. The van der Waals surface area contributed by atoms with E-state index in [-0.39, 0.29) is 9.52 Å². The summed E-state index contributed by atoms with van der Waals surface area (Å²) in [4.78, 5) is 0. The Hall–Kier alpha value is 0.134. The summed E-state index contributed by atoms with van der Waals surface area (Å²) in [5.41, 5.74) is 5.45. The van der Waals surface area contributed by atoms with Crippen molar-refractivity contribution in [3.05, 3.63) is 11.3 Å². The first-order valence-corrected chi connectivity index (χ1v) is 10.5. The summed E-state index contributed by atoms with van der Waals surface area (Å²) < 4.78 is 0. The van der Waals surface area contributed by atoms with E-state index in [1.807, 2.05) is 0 Å². The first kappa shape index (κ1) is 13.1. The molecule has 0 aliphatic heterocycles. The van der Waals surface area contributed by atoms with E-state index in [1.54, 1.807) is 0 Å². The van der Waals surface area contributed by atoms with Gasteiger partial charge >= 0.3 is 0 Å². The Kier molecular flexibility index (Phi) is 6.63. The molecule has 0 heterocycles. The van der Waals surface area contributed by atoms with E-state index in [0.717, 1.165) is 6.42 Å². The van der Waals surface area contributed by atoms with Crippen molar-refractivity contribution in [2.75, 3.05) is 6.61 Å². The lowest BCUT2D eigenvalue weighted by Crippen LogP contribution is -2.27. The van der Waals surface area contributed by atoms with Crippen LogP contribution >= 0.6 is 0 Å². The van der Waals surface area contributed by atoms with Crippen molar-refractivity contribution in [2.24, 2.45) is 0 Å². The molecule has 1 N–H and O–H groups in total. The van der Waals surface area contributed by atoms with Crippen LogP contribution in [0.5, 0.6) is 0 Å². The summed E-state index contributed by atoms with van der Waals surface area (Å²) in [6, 6.07) is 1.30. The highest BCUT2D eigenvalue weighted by atomic mass is 28.4. The molecule has 0 saturated heterocycles. The second kappa shape index (κ2) is 6.57. The number of allylic oxidation sites excluding steroid dienone is 1. The Bertz CT molecular complexity index is 160. The molecule has 0 aliphatic carbocycles. The molecular formula is C10H24OSi2. The van der Waals surface area contributed by atoms with Crippen LogP contribution in [-0.2, 0) is 0 Å². The standard InChI is InChI=1S/C10H24OSi2/c1-10(2)8-12-9-13(3,4)7-5-6-11/h8,11H,5-7,9,12H2,1-4H3. The minimum absolute atomic E-state index is 0.0498. The van der Waals surface area contributed by atoms with E-state index >= 15 is 0 Å². The molecule has 13 heavy (non-hydrogen) atoms. The van der Waals surface area contributed by atoms with Crippen LogP contribution in [-0.4, -0.2) is 29.3 Å². The van der Waals surface area contributed by atoms with Gasteiger partial charge in [0.15, 0.2) is 0 Å². The quantitative estimate of drug-likeness (QED) is 0.675. The van der Waals surface area contributed by atoms with Gasteiger partial charge in [0.2, 0.25) is 0 Å². The molecule has 0 spiro atoms. The van der Waals surface area contributed by atoms with Gasteiger partial charge in [-0.25, -0.2) is 0 Å². The number of aliphatic hydroxyl groups is 1. The van der Waals surface area contributed by atoms with Crippen molar-refractivity contribution in [1.29, 1.82) is 0 Å². The fourth-order valence-electron chi connectivity index (χ4n) is 1.43. The number of hydrogen-bond acceptors (Lipinski definition) is 1. The van der Waals surface area contributed by atoms with Gasteiger partial charge in [0.25, 0.3) is 0 Å². The van der Waals surface area contributed by atoms with Gasteiger partial charge in [0, 0.05) is 24.2 Å². The van der Waals surface area contributed by atoms with Gasteiger partial charge in [-0.05, 0) is 20.3 Å². The zero-order valence-corrected chi connectivity index (χ0v) is 12.0. The molecule has 0 saturated carbocycles. The summed E-state index contributed by atoms with van der Waals surface area (Å²) in [5, 5.41) is 8.76. The predicted molar refractivity (Wildman–Crippen MR) is 66.8 cm³/mol. The number of aliphatic hydroxyl groups excluding tert-OH is 1. The van der Waals surface area contributed by atoms with Gasteiger partial charge in [-0.2, -0.15) is 0 Å². The lowest BCUT2D eigenvalue weighted by Gasteiger charge is -2.20. The van der Waals surface area contributed by atoms with Gasteiger partial charge in [-0.3, -0.25) is 0 Å². The van der Waals surface area contributed by atoms with Crippen LogP contribution in [0.15, 0.2) is 11.3 Å². The van der Waals surface area contributed by atoms with Crippen LogP contribution in [0.25, 0.3) is 0 Å². The fraction of sp³-hybridized carbons (Fsp3) is 0.800. The average molecular weight is 216 g/mol. The highest BCUT2D eigenvalue weighted by Crippen LogP contribution is 2.16. The zero-order chi connectivity index (χ0) is 10.3. The van der Waals surface area contributed by atoms with Crippen molar-refractivity contribution in [3.8, 4) is 0 Å². The Morgan fingerprint density at radius 1 is 1.38 bits per heavy atom. The van der Waals surface area contributed by atoms with Gasteiger partial charge in [-0.15, -0.1) is 5.70 Å². The van der Waals surface area contributed by atoms with Gasteiger partial charge < -0.3 is 5.11 Å². The zero-order valence-electron chi connectivity index (χ0n) is 9.56. The van der Waals surface area contributed by atoms with Crippen LogP contribution in [0.1, 0.15) is 20.3 Å². The highest BCUT2D eigenvalue weighted by molar-refractivity contribution is 6.84. The van der Waals surface area contributed by atoms with Crippen molar-refractivity contribution >= 4 is 17.6 Å². The molecule has 0 rings (SSSR count). The normalized spacial score (nSPS) is 12.4. The summed E-state index contributed by atoms with van der Waals surface area (Å²) in [5.74, 6) is 0. The molecule has 0 bridgehead atoms. The third kappa shape index (κ3) is 8.46. The van der Waals surface area contributed by atoms with Gasteiger partial charge in [0.05, 0.1) is 0 Å². The SMILES string of the molecule is CC(C)=C[SiH2]C[Si](C)(C)CCCO. The van der Waals surface area contributed by atoms with Gasteiger partial charge in [0.1, 0.15) is 0 Å². The lowest BCUT2D eigenvalue weighted by atomic mass is 10.4. The van der Waals surface area contributed by atoms with Crippen LogP contribution in [0.2, 0.25) is 24.8 Å². The maximum atomic E-state index is 8.76. The molecule has 3 heteroatoms. The van der Waals surface area contributed by atoms with Gasteiger partial charge in [-0.1, -0.05) is 30.4 Å². The van der Waals surface area contributed by atoms with E-state index in [0.29, 0.717) is 6.61 Å². The molecule has 0 aromatic rings. The van der Waals surface area contributed by atoms with Crippen LogP contribution in [0.3, 0.4) is 0 Å². The second-order valence-corrected chi connectivity index (χ2v) is 12.6. The summed E-state index contributed by atoms with van der Waals surface area (Å²) in [7, 11) is -0.884. The molecule has 0 aliphatic rings. The van der Waals surface area contributed by atoms with Crippen LogP contribution in [0.4, 0.5) is 0 Å². The van der Waals surface area contributed by atoms with Crippen molar-refractivity contribution in [3.63, 3.8) is 0 Å². The van der Waals surface area contributed by atoms with Crippen molar-refractivity contribution in [1.82, 2.24) is 0 Å². The summed E-state index contributed by atoms with van der Waals surface area (Å²) >= 11 is 0. The van der Waals surface area contributed by atoms with Crippen LogP contribution < -0.4 is 0 Å². The first-order valence-electron chi connectivity index (χ1n) is 5.22. The number of rotatable bonds is 6. The fourth-order valence-corrected chi connectivity index (χ4v) is 7.83. The Labute approximate surface area is 86.1 Å². The first-order chi connectivity index (χ1) is 5.98. The molecule has 0 radical (unpaired) electrons. The topological polar surface area (TPSA) is 20.2 Å². The van der Waals surface area contributed by atoms with Crippen LogP contribution in [0, 0.1) is 0 Å². The van der Waals surface area contributed by atoms with Crippen molar-refractivity contribution < 1.29 is 5.11 Å². The van der Waals surface area contributed by atoms with E-state index in [1.165, 1.54) is 17.3 Å². The molecule has 78 valence electrons. The molecular weight excluding hydrogens is 192 g/mol. The largest absolute Gasteiger partial charge is 0.396 e. The lowest BCUT2D eigenvalue weighted by molar-refractivity contribution is 0.294. The molecule has 0 aromatic heterocycles. The minimum atomic E-state index is -0.934. The third-order valence-corrected chi connectivity index (χ3v) is 11.8. The van der Waals surface area contributed by atoms with E-state index in [2.05, 4.69) is 32.6 Å². The molecule has 0 fully saturated rings. The summed E-state index contributed by atoms with van der Waals surface area (Å²) in [6.45, 7) is 9.66. The molecule has 0 atom stereocenters. The maximum absolute atomic E-state index is 8.76. The average Bonchev–Trinajstić information content (AvgIpc) is 2.00. The van der Waals surface area contributed by atoms with E-state index in [4.69, 9.17) is 5.11 Å². The predicted octanol–water partition coefficient (Wildman–Crippen LogP) is 2.13. The Morgan fingerprint density at radius 3 is 2.46 bits per heavy atom. The highest BCUT2D eigenvalue weighted by Gasteiger charge is 2.18. The molecule has 0 amide bonds. The Balaban J connectivity index is 3.68. The van der Waals surface area contributed by atoms with Crippen molar-refractivity contribution in [2.45, 2.75) is 45.1 Å². The monoisotopic (exact) mass is 216 g/mol. The molecule has 0 unspecified atom stereocenters. The molecule has 0 aromatic carbocycles. The molecule has 1 nitrogen and oxygen atoms in total. The minimum Gasteiger partial charge on any atom is -0.396 e. The summed E-state index contributed by atoms with van der Waals surface area (Å²) in [6.07, 6.45) is 1.02. The maximum Gasteiger partial charge on any atom is 0.0446 e.